The van der Waals surface area contributed by atoms with Crippen LogP contribution in [0.3, 0.4) is 0 Å². The third-order valence-corrected chi connectivity index (χ3v) is 8.76. The van der Waals surface area contributed by atoms with E-state index in [-0.39, 0.29) is 18.0 Å². The van der Waals surface area contributed by atoms with E-state index in [1.165, 1.54) is 0 Å². The van der Waals surface area contributed by atoms with E-state index in [1.54, 1.807) is 6.07 Å². The molecule has 0 saturated carbocycles. The molecule has 4 heterocycles. The summed E-state index contributed by atoms with van der Waals surface area (Å²) in [5, 5.41) is 12.2. The number of amides is 3. The van der Waals surface area contributed by atoms with Crippen LogP contribution in [-0.4, -0.2) is 44.7 Å². The molecular formula is C32H31N5O4. The Morgan fingerprint density at radius 1 is 1.12 bits per heavy atom. The second-order valence-electron chi connectivity index (χ2n) is 11.0. The van der Waals surface area contributed by atoms with E-state index in [1.807, 2.05) is 71.5 Å². The smallest absolute Gasteiger partial charge is 0.418 e. The fourth-order valence-corrected chi connectivity index (χ4v) is 6.61. The van der Waals surface area contributed by atoms with Gasteiger partial charge in [0.25, 0.3) is 5.95 Å². The number of aromatic amines is 1. The van der Waals surface area contributed by atoms with Crippen molar-refractivity contribution in [2.75, 3.05) is 11.9 Å². The number of aromatic nitrogens is 2. The van der Waals surface area contributed by atoms with Crippen molar-refractivity contribution >= 4 is 39.7 Å². The van der Waals surface area contributed by atoms with E-state index in [0.29, 0.717) is 37.9 Å². The second kappa shape index (κ2) is 9.69. The van der Waals surface area contributed by atoms with Crippen LogP contribution in [0.1, 0.15) is 42.9 Å². The molecule has 2 aromatic heterocycles. The van der Waals surface area contributed by atoms with Crippen molar-refractivity contribution in [3.8, 4) is 5.95 Å². The normalized spacial score (nSPS) is 20.7. The van der Waals surface area contributed by atoms with Crippen molar-refractivity contribution in [3.05, 3.63) is 89.6 Å². The molecule has 5 aromatic rings. The number of likely N-dealkylation sites (tertiary alicyclic amines) is 1. The zero-order chi connectivity index (χ0) is 28.1. The van der Waals surface area contributed by atoms with Crippen LogP contribution >= 0.6 is 0 Å². The van der Waals surface area contributed by atoms with Gasteiger partial charge in [-0.3, -0.25) is 10.00 Å². The van der Waals surface area contributed by atoms with Crippen molar-refractivity contribution in [2.24, 2.45) is 0 Å². The van der Waals surface area contributed by atoms with E-state index < -0.39 is 11.6 Å². The van der Waals surface area contributed by atoms with E-state index in [9.17, 15) is 9.59 Å². The third-order valence-electron chi connectivity index (χ3n) is 8.76. The Morgan fingerprint density at radius 2 is 1.95 bits per heavy atom. The molecule has 9 heteroatoms. The number of fused-ring (bicyclic) bond motifs is 3. The summed E-state index contributed by atoms with van der Waals surface area (Å²) < 4.78 is 11.7. The van der Waals surface area contributed by atoms with Gasteiger partial charge in [-0.2, -0.15) is 5.10 Å². The first kappa shape index (κ1) is 25.2. The summed E-state index contributed by atoms with van der Waals surface area (Å²) in [5.74, 6) is 0.164. The van der Waals surface area contributed by atoms with Crippen LogP contribution in [0, 0.1) is 6.92 Å². The molecule has 2 N–H and O–H groups in total. The standard InChI is InChI=1S/C32H31N5O4/c1-3-32(24-14-20(2)29-23(15-24)18-33-35-29)17-25(36-19-22-9-4-6-10-26(22)34-30(36)38)12-13-37(32)31(39)41-28-16-21-8-5-7-11-27(21)40-28/h4-11,14-16,18,25H,3,12-13,17,19H2,1-2H3,(H,33,35)(H,34,38). The molecule has 3 amide bonds. The highest BCUT2D eigenvalue weighted by Crippen LogP contribution is 2.45. The van der Waals surface area contributed by atoms with Gasteiger partial charge in [-0.25, -0.2) is 9.59 Å². The highest BCUT2D eigenvalue weighted by atomic mass is 16.6. The summed E-state index contributed by atoms with van der Waals surface area (Å²) in [7, 11) is 0. The minimum atomic E-state index is -0.723. The van der Waals surface area contributed by atoms with E-state index in [0.717, 1.165) is 38.7 Å². The number of urea groups is 1. The predicted octanol–water partition coefficient (Wildman–Crippen LogP) is 6.93. The van der Waals surface area contributed by atoms with Crippen LogP contribution in [0.4, 0.5) is 15.3 Å². The van der Waals surface area contributed by atoms with Gasteiger partial charge in [-0.1, -0.05) is 49.4 Å². The number of hydrogen-bond acceptors (Lipinski definition) is 5. The maximum absolute atomic E-state index is 13.9. The molecule has 3 aromatic carbocycles. The van der Waals surface area contributed by atoms with Crippen molar-refractivity contribution < 1.29 is 18.7 Å². The van der Waals surface area contributed by atoms with Crippen molar-refractivity contribution in [1.82, 2.24) is 20.0 Å². The Bertz CT molecular complexity index is 1760. The molecule has 1 fully saturated rings. The summed E-state index contributed by atoms with van der Waals surface area (Å²) in [5.41, 5.74) is 4.87. The number of carbonyl (C=O) groups excluding carboxylic acids is 2. The van der Waals surface area contributed by atoms with Gasteiger partial charge in [0, 0.05) is 41.7 Å². The van der Waals surface area contributed by atoms with Crippen LogP contribution in [0.25, 0.3) is 21.9 Å². The first-order valence-corrected chi connectivity index (χ1v) is 14.0. The van der Waals surface area contributed by atoms with Gasteiger partial charge in [0.15, 0.2) is 0 Å². The van der Waals surface area contributed by atoms with Crippen molar-refractivity contribution in [3.63, 3.8) is 0 Å². The highest BCUT2D eigenvalue weighted by Gasteiger charge is 2.48. The zero-order valence-electron chi connectivity index (χ0n) is 23.0. The second-order valence-corrected chi connectivity index (χ2v) is 11.0. The monoisotopic (exact) mass is 549 g/mol. The molecule has 7 rings (SSSR count). The van der Waals surface area contributed by atoms with Gasteiger partial charge < -0.3 is 19.4 Å². The summed E-state index contributed by atoms with van der Waals surface area (Å²) in [4.78, 5) is 31.0. The third kappa shape index (κ3) is 4.20. The van der Waals surface area contributed by atoms with Crippen LogP contribution in [-0.2, 0) is 12.1 Å². The lowest BCUT2D eigenvalue weighted by molar-refractivity contribution is 0.00898. The van der Waals surface area contributed by atoms with Crippen LogP contribution in [0.15, 0.2) is 77.3 Å². The van der Waals surface area contributed by atoms with Gasteiger partial charge >= 0.3 is 12.1 Å². The fourth-order valence-electron chi connectivity index (χ4n) is 6.61. The number of H-pyrrole nitrogens is 1. The molecular weight excluding hydrogens is 518 g/mol. The van der Waals surface area contributed by atoms with Crippen molar-refractivity contribution in [1.29, 1.82) is 0 Å². The average molecular weight is 550 g/mol. The van der Waals surface area contributed by atoms with Gasteiger partial charge in [-0.15, -0.1) is 0 Å². The lowest BCUT2D eigenvalue weighted by Gasteiger charge is -2.51. The molecule has 1 saturated heterocycles. The molecule has 41 heavy (non-hydrogen) atoms. The number of ether oxygens (including phenoxy) is 1. The number of benzene rings is 3. The predicted molar refractivity (Wildman–Crippen MR) is 156 cm³/mol. The Hall–Kier alpha value is -4.79. The van der Waals surface area contributed by atoms with E-state index >= 15 is 0 Å². The number of piperidine rings is 1. The molecule has 208 valence electrons. The molecule has 9 nitrogen and oxygen atoms in total. The SMILES string of the molecule is CCC1(c2cc(C)c3[nH]ncc3c2)CC(N2Cc3ccccc3NC2=O)CCN1C(=O)Oc1cc2ccccc2o1. The lowest BCUT2D eigenvalue weighted by atomic mass is 9.75. The minimum absolute atomic E-state index is 0.0843. The maximum Gasteiger partial charge on any atom is 0.418 e. The lowest BCUT2D eigenvalue weighted by Crippen LogP contribution is -2.60. The molecule has 2 atom stereocenters. The quantitative estimate of drug-likeness (QED) is 0.253. The first-order valence-electron chi connectivity index (χ1n) is 14.0. The van der Waals surface area contributed by atoms with E-state index in [2.05, 4.69) is 34.6 Å². The fraction of sp³-hybridized carbons (Fsp3) is 0.281. The highest BCUT2D eigenvalue weighted by molar-refractivity contribution is 5.92. The molecule has 2 aliphatic rings. The Balaban J connectivity index is 1.27. The van der Waals surface area contributed by atoms with Crippen LogP contribution in [0.2, 0.25) is 0 Å². The van der Waals surface area contributed by atoms with Gasteiger partial charge in [0.05, 0.1) is 17.3 Å². The van der Waals surface area contributed by atoms with Gasteiger partial charge in [0.2, 0.25) is 0 Å². The Kier molecular flexibility index (Phi) is 5.96. The Morgan fingerprint density at radius 3 is 2.80 bits per heavy atom. The summed E-state index contributed by atoms with van der Waals surface area (Å²) in [6.45, 7) is 5.07. The number of nitrogens with zero attached hydrogens (tertiary/aromatic N) is 3. The number of rotatable bonds is 4. The van der Waals surface area contributed by atoms with E-state index in [4.69, 9.17) is 9.15 Å². The number of hydrogen-bond donors (Lipinski definition) is 2. The summed E-state index contributed by atoms with van der Waals surface area (Å²) >= 11 is 0. The number of nitrogens with one attached hydrogen (secondary N) is 2. The molecule has 0 radical (unpaired) electrons. The minimum Gasteiger partial charge on any atom is -0.425 e. The molecule has 0 spiro atoms. The summed E-state index contributed by atoms with van der Waals surface area (Å²) in [6, 6.07) is 21.2. The molecule has 2 unspecified atom stereocenters. The average Bonchev–Trinajstić information content (AvgIpc) is 3.63. The number of furan rings is 1. The molecule has 2 aliphatic heterocycles. The molecule has 0 aliphatic carbocycles. The number of carbonyl (C=O) groups is 2. The van der Waals surface area contributed by atoms with Crippen LogP contribution < -0.4 is 10.1 Å². The van der Waals surface area contributed by atoms with Gasteiger partial charge in [-0.05, 0) is 61.1 Å². The number of anilines is 1. The zero-order valence-corrected chi connectivity index (χ0v) is 23.0. The number of para-hydroxylation sites is 2. The molecule has 0 bridgehead atoms. The van der Waals surface area contributed by atoms with Crippen molar-refractivity contribution in [2.45, 2.75) is 51.2 Å². The number of aryl methyl sites for hydroxylation is 1. The Labute approximate surface area is 237 Å². The summed E-state index contributed by atoms with van der Waals surface area (Å²) in [6.07, 6.45) is 3.16. The van der Waals surface area contributed by atoms with Gasteiger partial charge in [0.1, 0.15) is 5.58 Å². The van der Waals surface area contributed by atoms with Crippen LogP contribution in [0.5, 0.6) is 5.95 Å². The first-order chi connectivity index (χ1) is 19.9. The maximum atomic E-state index is 13.9. The topological polar surface area (TPSA) is 104 Å². The largest absolute Gasteiger partial charge is 0.425 e.